The number of nitrogens with zero attached hydrogens (tertiary/aromatic N) is 4. The van der Waals surface area contributed by atoms with Gasteiger partial charge in [-0.05, 0) is 25.8 Å². The lowest BCUT2D eigenvalue weighted by Gasteiger charge is -2.18. The van der Waals surface area contributed by atoms with Crippen molar-refractivity contribution in [2.24, 2.45) is 0 Å². The normalized spacial score (nSPS) is 11.5. The van der Waals surface area contributed by atoms with Crippen molar-refractivity contribution in [3.8, 4) is 11.4 Å². The van der Waals surface area contributed by atoms with Crippen LogP contribution in [0.3, 0.4) is 0 Å². The van der Waals surface area contributed by atoms with Crippen LogP contribution in [-0.4, -0.2) is 30.2 Å². The van der Waals surface area contributed by atoms with E-state index in [1.165, 1.54) is 5.56 Å². The van der Waals surface area contributed by atoms with E-state index in [0.717, 1.165) is 11.4 Å². The first-order valence-corrected chi connectivity index (χ1v) is 8.35. The van der Waals surface area contributed by atoms with Gasteiger partial charge in [0.25, 0.3) is 0 Å². The molecular formula is C19H23N5O. The molecule has 0 aliphatic heterocycles. The fourth-order valence-electron chi connectivity index (χ4n) is 2.46. The Hall–Kier alpha value is -2.73. The summed E-state index contributed by atoms with van der Waals surface area (Å²) < 4.78 is 2.01. The van der Waals surface area contributed by atoms with Gasteiger partial charge in [0.15, 0.2) is 0 Å². The summed E-state index contributed by atoms with van der Waals surface area (Å²) in [7, 11) is 0. The predicted octanol–water partition coefficient (Wildman–Crippen LogP) is 3.11. The zero-order valence-corrected chi connectivity index (χ0v) is 14.6. The molecule has 0 aliphatic rings. The van der Waals surface area contributed by atoms with E-state index in [9.17, 15) is 5.11 Å². The molecule has 130 valence electrons. The Morgan fingerprint density at radius 3 is 2.48 bits per heavy atom. The van der Waals surface area contributed by atoms with Crippen LogP contribution in [0, 0.1) is 0 Å². The lowest BCUT2D eigenvalue weighted by Crippen LogP contribution is -2.21. The van der Waals surface area contributed by atoms with Crippen molar-refractivity contribution >= 4 is 5.95 Å². The van der Waals surface area contributed by atoms with Crippen LogP contribution in [-0.2, 0) is 13.1 Å². The molecule has 0 amide bonds. The predicted molar refractivity (Wildman–Crippen MR) is 97.9 cm³/mol. The van der Waals surface area contributed by atoms with Crippen LogP contribution in [0.4, 0.5) is 5.95 Å². The van der Waals surface area contributed by atoms with E-state index in [1.54, 1.807) is 32.4 Å². The first-order chi connectivity index (χ1) is 12.0. The molecule has 0 bridgehead atoms. The van der Waals surface area contributed by atoms with Gasteiger partial charge in [0.2, 0.25) is 5.95 Å². The van der Waals surface area contributed by atoms with Crippen LogP contribution in [0.15, 0.2) is 55.1 Å². The molecule has 3 rings (SSSR count). The van der Waals surface area contributed by atoms with Crippen LogP contribution in [0.5, 0.6) is 0 Å². The molecule has 6 heteroatoms. The van der Waals surface area contributed by atoms with Crippen LogP contribution < -0.4 is 5.32 Å². The largest absolute Gasteiger partial charge is 0.390 e. The molecular weight excluding hydrogens is 314 g/mol. The van der Waals surface area contributed by atoms with Crippen molar-refractivity contribution in [1.82, 2.24) is 19.5 Å². The summed E-state index contributed by atoms with van der Waals surface area (Å²) in [5, 5.41) is 13.1. The second kappa shape index (κ2) is 7.44. The Balaban J connectivity index is 1.65. The smallest absolute Gasteiger partial charge is 0.222 e. The fraction of sp³-hybridized carbons (Fsp3) is 0.316. The maximum Gasteiger partial charge on any atom is 0.222 e. The highest BCUT2D eigenvalue weighted by Crippen LogP contribution is 2.18. The minimum atomic E-state index is -0.705. The number of imidazole rings is 1. The third-order valence-electron chi connectivity index (χ3n) is 3.88. The summed E-state index contributed by atoms with van der Waals surface area (Å²) in [6, 6.07) is 10.1. The van der Waals surface area contributed by atoms with Gasteiger partial charge in [-0.25, -0.2) is 15.0 Å². The Morgan fingerprint density at radius 1 is 1.08 bits per heavy atom. The van der Waals surface area contributed by atoms with Crippen molar-refractivity contribution in [2.75, 3.05) is 5.32 Å². The number of aryl methyl sites for hydroxylation is 1. The molecule has 25 heavy (non-hydrogen) atoms. The van der Waals surface area contributed by atoms with Gasteiger partial charge >= 0.3 is 0 Å². The molecule has 2 aromatic heterocycles. The van der Waals surface area contributed by atoms with Crippen LogP contribution in [0.25, 0.3) is 11.4 Å². The molecule has 0 atom stereocenters. The van der Waals surface area contributed by atoms with Gasteiger partial charge in [-0.2, -0.15) is 0 Å². The van der Waals surface area contributed by atoms with Gasteiger partial charge in [-0.15, -0.1) is 0 Å². The molecule has 1 aromatic carbocycles. The van der Waals surface area contributed by atoms with Crippen molar-refractivity contribution in [3.05, 3.63) is 60.7 Å². The van der Waals surface area contributed by atoms with Crippen molar-refractivity contribution in [1.29, 1.82) is 0 Å². The molecule has 0 fully saturated rings. The lowest BCUT2D eigenvalue weighted by molar-refractivity contribution is 0.0663. The number of nitrogens with one attached hydrogen (secondary N) is 1. The summed E-state index contributed by atoms with van der Waals surface area (Å²) in [6.45, 7) is 4.98. The van der Waals surface area contributed by atoms with Crippen molar-refractivity contribution in [2.45, 2.75) is 39.0 Å². The highest BCUT2D eigenvalue weighted by molar-refractivity contribution is 5.53. The van der Waals surface area contributed by atoms with Crippen molar-refractivity contribution in [3.63, 3.8) is 0 Å². The van der Waals surface area contributed by atoms with Crippen molar-refractivity contribution < 1.29 is 5.11 Å². The topological polar surface area (TPSA) is 75.9 Å². The molecule has 0 radical (unpaired) electrons. The first-order valence-electron chi connectivity index (χ1n) is 8.35. The summed E-state index contributed by atoms with van der Waals surface area (Å²) in [4.78, 5) is 13.1. The summed E-state index contributed by atoms with van der Waals surface area (Å²) in [5.41, 5.74) is 1.33. The molecule has 6 nitrogen and oxygen atoms in total. The standard InChI is InChI=1S/C19H23N5O/c1-19(2,25)8-10-24-11-9-20-17(24)16-13-22-18(23-14-16)21-12-15-6-4-3-5-7-15/h3-7,9,11,13-14,25H,8,10,12H2,1-2H3,(H,21,22,23). The maximum atomic E-state index is 9.90. The number of rotatable bonds is 7. The van der Waals surface area contributed by atoms with Gasteiger partial charge < -0.3 is 15.0 Å². The molecule has 2 N–H and O–H groups in total. The van der Waals surface area contributed by atoms with Gasteiger partial charge in [-0.3, -0.25) is 0 Å². The highest BCUT2D eigenvalue weighted by Gasteiger charge is 2.14. The molecule has 0 saturated heterocycles. The zero-order valence-electron chi connectivity index (χ0n) is 14.6. The summed E-state index contributed by atoms with van der Waals surface area (Å²) in [6.07, 6.45) is 7.84. The third kappa shape index (κ3) is 4.87. The van der Waals surface area contributed by atoms with E-state index in [-0.39, 0.29) is 0 Å². The minimum absolute atomic E-state index is 0.585. The molecule has 3 aromatic rings. The molecule has 2 heterocycles. The average Bonchev–Trinajstić information content (AvgIpc) is 3.08. The number of aromatic nitrogens is 4. The molecule has 0 unspecified atom stereocenters. The number of benzene rings is 1. The highest BCUT2D eigenvalue weighted by atomic mass is 16.3. The van der Waals surface area contributed by atoms with E-state index >= 15 is 0 Å². The second-order valence-electron chi connectivity index (χ2n) is 6.64. The average molecular weight is 337 g/mol. The van der Waals surface area contributed by atoms with E-state index in [1.807, 2.05) is 29.0 Å². The maximum absolute atomic E-state index is 9.90. The lowest BCUT2D eigenvalue weighted by atomic mass is 10.1. The van der Waals surface area contributed by atoms with E-state index < -0.39 is 5.60 Å². The SMILES string of the molecule is CC(C)(O)CCn1ccnc1-c1cnc(NCc2ccccc2)nc1. The molecule has 0 saturated carbocycles. The summed E-state index contributed by atoms with van der Waals surface area (Å²) in [5.74, 6) is 1.39. The monoisotopic (exact) mass is 337 g/mol. The number of hydrogen-bond donors (Lipinski definition) is 2. The number of anilines is 1. The first kappa shape index (κ1) is 17.1. The van der Waals surface area contributed by atoms with Gasteiger partial charge in [0.1, 0.15) is 5.82 Å². The summed E-state index contributed by atoms with van der Waals surface area (Å²) >= 11 is 0. The van der Waals surface area contributed by atoms with Gasteiger partial charge in [0, 0.05) is 37.9 Å². The second-order valence-corrected chi connectivity index (χ2v) is 6.64. The molecule has 0 aliphatic carbocycles. The zero-order chi connectivity index (χ0) is 17.7. The Morgan fingerprint density at radius 2 is 1.80 bits per heavy atom. The van der Waals surface area contributed by atoms with E-state index in [0.29, 0.717) is 25.5 Å². The van der Waals surface area contributed by atoms with Crippen LogP contribution >= 0.6 is 0 Å². The van der Waals surface area contributed by atoms with Crippen LogP contribution in [0.1, 0.15) is 25.8 Å². The van der Waals surface area contributed by atoms with E-state index in [4.69, 9.17) is 0 Å². The van der Waals surface area contributed by atoms with Gasteiger partial charge in [0.05, 0.1) is 11.2 Å². The quantitative estimate of drug-likeness (QED) is 0.693. The van der Waals surface area contributed by atoms with E-state index in [2.05, 4.69) is 32.4 Å². The number of aliphatic hydroxyl groups is 1. The Bertz CT molecular complexity index is 791. The minimum Gasteiger partial charge on any atom is -0.390 e. The molecule has 0 spiro atoms. The third-order valence-corrected chi connectivity index (χ3v) is 3.88. The van der Waals surface area contributed by atoms with Crippen LogP contribution in [0.2, 0.25) is 0 Å². The Labute approximate surface area is 147 Å². The Kier molecular flexibility index (Phi) is 5.09. The fourth-order valence-corrected chi connectivity index (χ4v) is 2.46. The van der Waals surface area contributed by atoms with Gasteiger partial charge in [-0.1, -0.05) is 30.3 Å². The number of hydrogen-bond acceptors (Lipinski definition) is 5.